The molecule has 8 heteroatoms. The number of methoxy groups -OCH3 is 1. The molecule has 3 rings (SSSR count). The average molecular weight is 396 g/mol. The minimum Gasteiger partial charge on any atom is -0.493 e. The van der Waals surface area contributed by atoms with Crippen LogP contribution in [0, 0.1) is 0 Å². The van der Waals surface area contributed by atoms with E-state index in [9.17, 15) is 0 Å². The van der Waals surface area contributed by atoms with E-state index in [1.165, 1.54) is 0 Å². The van der Waals surface area contributed by atoms with Crippen molar-refractivity contribution in [2.45, 2.75) is 33.4 Å². The zero-order valence-electron chi connectivity index (χ0n) is 17.2. The number of fused-ring (bicyclic) bond motifs is 1. The molecule has 0 saturated heterocycles. The molecule has 2 heterocycles. The van der Waals surface area contributed by atoms with E-state index in [0.29, 0.717) is 25.7 Å². The average Bonchev–Trinajstić information content (AvgIpc) is 3.17. The lowest BCUT2D eigenvalue weighted by Crippen LogP contribution is -2.37. The standard InChI is InChI=1S/C21H28N6O2/c1-4-12-29-17-10-9-16(13-18(17)28-3)14-23-21(22-5-2)24-15-20-26-25-19-8-6-7-11-27(19)20/h6-11,13H,4-5,12,14-15H2,1-3H3,(H2,22,23,24). The van der Waals surface area contributed by atoms with Gasteiger partial charge in [-0.25, -0.2) is 4.99 Å². The van der Waals surface area contributed by atoms with Crippen LogP contribution in [0.15, 0.2) is 47.6 Å². The van der Waals surface area contributed by atoms with Crippen molar-refractivity contribution in [1.29, 1.82) is 0 Å². The van der Waals surface area contributed by atoms with Gasteiger partial charge in [0.15, 0.2) is 28.9 Å². The number of nitrogens with zero attached hydrogens (tertiary/aromatic N) is 4. The quantitative estimate of drug-likeness (QED) is 0.427. The van der Waals surface area contributed by atoms with Gasteiger partial charge in [-0.15, -0.1) is 10.2 Å². The highest BCUT2D eigenvalue weighted by Crippen LogP contribution is 2.28. The Balaban J connectivity index is 1.67. The lowest BCUT2D eigenvalue weighted by atomic mass is 10.2. The van der Waals surface area contributed by atoms with Crippen LogP contribution in [0.25, 0.3) is 5.65 Å². The van der Waals surface area contributed by atoms with Gasteiger partial charge in [0.05, 0.1) is 26.8 Å². The number of benzene rings is 1. The molecule has 0 bridgehead atoms. The van der Waals surface area contributed by atoms with E-state index in [1.807, 2.05) is 53.9 Å². The van der Waals surface area contributed by atoms with Crippen molar-refractivity contribution in [1.82, 2.24) is 25.2 Å². The molecule has 3 aromatic rings. The summed E-state index contributed by atoms with van der Waals surface area (Å²) in [5.74, 6) is 3.01. The van der Waals surface area contributed by atoms with Crippen molar-refractivity contribution in [3.63, 3.8) is 0 Å². The number of pyridine rings is 1. The van der Waals surface area contributed by atoms with Crippen LogP contribution in [0.1, 0.15) is 31.7 Å². The third kappa shape index (κ3) is 5.37. The lowest BCUT2D eigenvalue weighted by Gasteiger charge is -2.12. The third-order valence-corrected chi connectivity index (χ3v) is 4.25. The molecule has 154 valence electrons. The maximum Gasteiger partial charge on any atom is 0.191 e. The fraction of sp³-hybridized carbons (Fsp3) is 0.381. The van der Waals surface area contributed by atoms with E-state index in [4.69, 9.17) is 9.47 Å². The summed E-state index contributed by atoms with van der Waals surface area (Å²) in [4.78, 5) is 4.67. The number of rotatable bonds is 9. The zero-order valence-corrected chi connectivity index (χ0v) is 17.2. The zero-order chi connectivity index (χ0) is 20.5. The van der Waals surface area contributed by atoms with Crippen molar-refractivity contribution < 1.29 is 9.47 Å². The molecular weight excluding hydrogens is 368 g/mol. The Hall–Kier alpha value is -3.29. The van der Waals surface area contributed by atoms with E-state index in [0.717, 1.165) is 41.5 Å². The summed E-state index contributed by atoms with van der Waals surface area (Å²) in [7, 11) is 1.65. The Morgan fingerprint density at radius 2 is 2.00 bits per heavy atom. The van der Waals surface area contributed by atoms with Gasteiger partial charge < -0.3 is 20.1 Å². The Labute approximate surface area is 171 Å². The number of aromatic nitrogens is 3. The van der Waals surface area contributed by atoms with Crippen molar-refractivity contribution in [3.05, 3.63) is 54.0 Å². The molecule has 0 spiro atoms. The van der Waals surface area contributed by atoms with E-state index in [1.54, 1.807) is 7.11 Å². The molecule has 29 heavy (non-hydrogen) atoms. The lowest BCUT2D eigenvalue weighted by molar-refractivity contribution is 0.294. The van der Waals surface area contributed by atoms with Gasteiger partial charge in [-0.1, -0.05) is 19.1 Å². The number of aliphatic imine (C=N–C) groups is 1. The van der Waals surface area contributed by atoms with Crippen LogP contribution >= 0.6 is 0 Å². The molecule has 8 nitrogen and oxygen atoms in total. The predicted octanol–water partition coefficient (Wildman–Crippen LogP) is 2.78. The van der Waals surface area contributed by atoms with Crippen LogP contribution in [0.4, 0.5) is 0 Å². The fourth-order valence-electron chi connectivity index (χ4n) is 2.83. The minimum absolute atomic E-state index is 0.514. The van der Waals surface area contributed by atoms with Gasteiger partial charge in [0.25, 0.3) is 0 Å². The van der Waals surface area contributed by atoms with E-state index in [2.05, 4.69) is 32.7 Å². The molecule has 0 saturated carbocycles. The molecule has 0 atom stereocenters. The summed E-state index contributed by atoms with van der Waals surface area (Å²) >= 11 is 0. The van der Waals surface area contributed by atoms with Crippen LogP contribution in [-0.4, -0.2) is 40.8 Å². The monoisotopic (exact) mass is 396 g/mol. The predicted molar refractivity (Wildman–Crippen MR) is 113 cm³/mol. The summed E-state index contributed by atoms with van der Waals surface area (Å²) in [5, 5.41) is 15.0. The second kappa shape index (κ2) is 10.3. The Morgan fingerprint density at radius 1 is 1.10 bits per heavy atom. The molecule has 0 unspecified atom stereocenters. The highest BCUT2D eigenvalue weighted by Gasteiger charge is 2.07. The topological polar surface area (TPSA) is 85.1 Å². The van der Waals surface area contributed by atoms with Gasteiger partial charge in [0.2, 0.25) is 0 Å². The molecule has 2 N–H and O–H groups in total. The smallest absolute Gasteiger partial charge is 0.191 e. The highest BCUT2D eigenvalue weighted by molar-refractivity contribution is 5.79. The molecular formula is C21H28N6O2. The molecule has 0 aliphatic rings. The number of hydrogen-bond acceptors (Lipinski definition) is 5. The maximum atomic E-state index is 5.71. The highest BCUT2D eigenvalue weighted by atomic mass is 16.5. The maximum absolute atomic E-state index is 5.71. The number of nitrogens with one attached hydrogen (secondary N) is 2. The van der Waals surface area contributed by atoms with Gasteiger partial charge in [-0.05, 0) is 43.2 Å². The first-order chi connectivity index (χ1) is 14.2. The normalized spacial score (nSPS) is 11.5. The Bertz CT molecular complexity index is 953. The van der Waals surface area contributed by atoms with Crippen molar-refractivity contribution in [2.75, 3.05) is 20.3 Å². The van der Waals surface area contributed by atoms with Gasteiger partial charge in [-0.3, -0.25) is 4.40 Å². The molecule has 0 radical (unpaired) electrons. The second-order valence-corrected chi connectivity index (χ2v) is 6.43. The van der Waals surface area contributed by atoms with Gasteiger partial charge >= 0.3 is 0 Å². The van der Waals surface area contributed by atoms with Crippen molar-refractivity contribution >= 4 is 11.6 Å². The summed E-state index contributed by atoms with van der Waals surface area (Å²) in [5.41, 5.74) is 1.86. The van der Waals surface area contributed by atoms with Crippen LogP contribution in [0.3, 0.4) is 0 Å². The second-order valence-electron chi connectivity index (χ2n) is 6.43. The van der Waals surface area contributed by atoms with Gasteiger partial charge in [0.1, 0.15) is 0 Å². The molecule has 0 amide bonds. The van der Waals surface area contributed by atoms with Crippen molar-refractivity contribution in [3.8, 4) is 11.5 Å². The first kappa shape index (κ1) is 20.4. The van der Waals surface area contributed by atoms with Crippen LogP contribution in [0.5, 0.6) is 11.5 Å². The first-order valence-corrected chi connectivity index (χ1v) is 9.85. The fourth-order valence-corrected chi connectivity index (χ4v) is 2.83. The van der Waals surface area contributed by atoms with Crippen LogP contribution in [-0.2, 0) is 13.1 Å². The molecule has 1 aromatic carbocycles. The first-order valence-electron chi connectivity index (χ1n) is 9.85. The summed E-state index contributed by atoms with van der Waals surface area (Å²) < 4.78 is 13.1. The van der Waals surface area contributed by atoms with E-state index in [-0.39, 0.29) is 0 Å². The Morgan fingerprint density at radius 3 is 2.79 bits per heavy atom. The molecule has 2 aromatic heterocycles. The Kier molecular flexibility index (Phi) is 7.27. The number of guanidine groups is 1. The summed E-state index contributed by atoms with van der Waals surface area (Å²) in [6.45, 7) is 6.57. The van der Waals surface area contributed by atoms with E-state index >= 15 is 0 Å². The van der Waals surface area contributed by atoms with Crippen LogP contribution in [0.2, 0.25) is 0 Å². The molecule has 0 aliphatic carbocycles. The van der Waals surface area contributed by atoms with Gasteiger partial charge in [-0.2, -0.15) is 0 Å². The SMILES string of the molecule is CCCOc1ccc(CN=C(NCC)NCc2nnc3ccccn23)cc1OC. The number of hydrogen-bond donors (Lipinski definition) is 2. The number of ether oxygens (including phenoxy) is 2. The summed E-state index contributed by atoms with van der Waals surface area (Å²) in [6, 6.07) is 11.7. The van der Waals surface area contributed by atoms with E-state index < -0.39 is 0 Å². The van der Waals surface area contributed by atoms with Crippen molar-refractivity contribution in [2.24, 2.45) is 4.99 Å². The third-order valence-electron chi connectivity index (χ3n) is 4.25. The minimum atomic E-state index is 0.514. The molecule has 0 aliphatic heterocycles. The van der Waals surface area contributed by atoms with Gasteiger partial charge in [0, 0.05) is 12.7 Å². The van der Waals surface area contributed by atoms with Crippen LogP contribution < -0.4 is 20.1 Å². The molecule has 0 fully saturated rings. The largest absolute Gasteiger partial charge is 0.493 e. The summed E-state index contributed by atoms with van der Waals surface area (Å²) in [6.07, 6.45) is 2.90.